The Kier molecular flexibility index (Phi) is 8.83. The highest BCUT2D eigenvalue weighted by molar-refractivity contribution is 4.66. The molecule has 0 aromatic rings. The van der Waals surface area contributed by atoms with Gasteiger partial charge in [0.25, 0.3) is 0 Å². The maximum atomic E-state index is 5.67. The van der Waals surface area contributed by atoms with Crippen LogP contribution in [0, 0.1) is 5.92 Å². The summed E-state index contributed by atoms with van der Waals surface area (Å²) in [5.74, 6) is 0.701. The van der Waals surface area contributed by atoms with Crippen molar-refractivity contribution in [1.29, 1.82) is 0 Å². The lowest BCUT2D eigenvalue weighted by molar-refractivity contribution is 0.0752. The molecule has 0 N–H and O–H groups in total. The maximum Gasteiger partial charge on any atom is 0.0594 e. The molecule has 0 rings (SSSR count). The lowest BCUT2D eigenvalue weighted by atomic mass is 10.1. The van der Waals surface area contributed by atoms with Crippen LogP contribution in [0.25, 0.3) is 0 Å². The summed E-state index contributed by atoms with van der Waals surface area (Å²) in [6, 6.07) is 1.22. The van der Waals surface area contributed by atoms with E-state index in [9.17, 15) is 0 Å². The lowest BCUT2D eigenvalue weighted by Gasteiger charge is -2.27. The van der Waals surface area contributed by atoms with E-state index in [4.69, 9.17) is 4.74 Å². The van der Waals surface area contributed by atoms with E-state index in [2.05, 4.69) is 58.5 Å². The minimum absolute atomic E-state index is 0.599. The van der Waals surface area contributed by atoms with Gasteiger partial charge in [0, 0.05) is 25.2 Å². The van der Waals surface area contributed by atoms with E-state index < -0.39 is 0 Å². The van der Waals surface area contributed by atoms with Crippen LogP contribution in [-0.4, -0.2) is 62.3 Å². The van der Waals surface area contributed by atoms with Gasteiger partial charge >= 0.3 is 0 Å². The van der Waals surface area contributed by atoms with Crippen LogP contribution in [0.4, 0.5) is 0 Å². The van der Waals surface area contributed by atoms with E-state index in [0.717, 1.165) is 26.3 Å². The Morgan fingerprint density at radius 2 is 1.29 bits per heavy atom. The van der Waals surface area contributed by atoms with Gasteiger partial charge in [0.1, 0.15) is 0 Å². The van der Waals surface area contributed by atoms with Gasteiger partial charge in [-0.15, -0.1) is 0 Å². The Hall–Kier alpha value is -0.120. The molecule has 0 bridgehead atoms. The van der Waals surface area contributed by atoms with Gasteiger partial charge in [-0.25, -0.2) is 0 Å². The molecular weight excluding hydrogens is 212 g/mol. The predicted octanol–water partition coefficient (Wildman–Crippen LogP) is 2.32. The standard InChI is InChI=1S/C14H32N2O/c1-12(2)14(5)16(7)9-11-17-10-8-15(6)13(3)4/h12-14H,8-11H2,1-7H3. The van der Waals surface area contributed by atoms with Gasteiger partial charge in [0.15, 0.2) is 0 Å². The fraction of sp³-hybridized carbons (Fsp3) is 1.00. The second-order valence-electron chi connectivity index (χ2n) is 5.65. The molecule has 0 saturated carbocycles. The predicted molar refractivity (Wildman–Crippen MR) is 75.5 cm³/mol. The molecule has 0 saturated heterocycles. The second-order valence-corrected chi connectivity index (χ2v) is 5.65. The van der Waals surface area contributed by atoms with E-state index in [1.165, 1.54) is 0 Å². The van der Waals surface area contributed by atoms with E-state index >= 15 is 0 Å². The van der Waals surface area contributed by atoms with Crippen molar-refractivity contribution in [2.75, 3.05) is 40.4 Å². The largest absolute Gasteiger partial charge is 0.379 e. The number of hydrogen-bond acceptors (Lipinski definition) is 3. The van der Waals surface area contributed by atoms with Gasteiger partial charge < -0.3 is 14.5 Å². The Labute approximate surface area is 108 Å². The lowest BCUT2D eigenvalue weighted by Crippen LogP contribution is -2.36. The fourth-order valence-electron chi connectivity index (χ4n) is 1.49. The highest BCUT2D eigenvalue weighted by atomic mass is 16.5. The molecule has 0 aliphatic rings. The summed E-state index contributed by atoms with van der Waals surface area (Å²) in [6.45, 7) is 14.9. The van der Waals surface area contributed by atoms with Crippen LogP contribution < -0.4 is 0 Å². The van der Waals surface area contributed by atoms with Crippen molar-refractivity contribution in [2.24, 2.45) is 5.92 Å². The highest BCUT2D eigenvalue weighted by Crippen LogP contribution is 2.07. The van der Waals surface area contributed by atoms with Crippen LogP contribution in [0.5, 0.6) is 0 Å². The molecule has 0 aliphatic carbocycles. The van der Waals surface area contributed by atoms with Gasteiger partial charge in [0.05, 0.1) is 13.2 Å². The van der Waals surface area contributed by atoms with E-state index in [1.54, 1.807) is 0 Å². The minimum Gasteiger partial charge on any atom is -0.379 e. The molecule has 0 aliphatic heterocycles. The normalized spacial score (nSPS) is 14.3. The molecule has 0 radical (unpaired) electrons. The third-order valence-corrected chi connectivity index (χ3v) is 3.72. The van der Waals surface area contributed by atoms with Crippen LogP contribution in [0.1, 0.15) is 34.6 Å². The van der Waals surface area contributed by atoms with Crippen molar-refractivity contribution in [1.82, 2.24) is 9.80 Å². The molecule has 1 atom stereocenters. The number of ether oxygens (including phenoxy) is 1. The van der Waals surface area contributed by atoms with Gasteiger partial charge in [-0.2, -0.15) is 0 Å². The van der Waals surface area contributed by atoms with Crippen molar-refractivity contribution in [3.63, 3.8) is 0 Å². The Morgan fingerprint density at radius 1 is 0.824 bits per heavy atom. The Balaban J connectivity index is 3.52. The third kappa shape index (κ3) is 7.74. The average molecular weight is 244 g/mol. The summed E-state index contributed by atoms with van der Waals surface area (Å²) in [5.41, 5.74) is 0. The Bertz CT molecular complexity index is 183. The average Bonchev–Trinajstić information content (AvgIpc) is 2.26. The molecule has 1 unspecified atom stereocenters. The zero-order valence-electron chi connectivity index (χ0n) is 12.9. The quantitative estimate of drug-likeness (QED) is 0.579. The van der Waals surface area contributed by atoms with Crippen LogP contribution in [0.15, 0.2) is 0 Å². The van der Waals surface area contributed by atoms with Crippen molar-refractivity contribution >= 4 is 0 Å². The monoisotopic (exact) mass is 244 g/mol. The molecule has 17 heavy (non-hydrogen) atoms. The molecular formula is C14H32N2O. The number of likely N-dealkylation sites (N-methyl/N-ethyl adjacent to an activating group) is 2. The number of rotatable bonds is 9. The van der Waals surface area contributed by atoms with E-state index in [-0.39, 0.29) is 0 Å². The Morgan fingerprint density at radius 3 is 1.71 bits per heavy atom. The van der Waals surface area contributed by atoms with Crippen molar-refractivity contribution in [3.8, 4) is 0 Å². The topological polar surface area (TPSA) is 15.7 Å². The highest BCUT2D eigenvalue weighted by Gasteiger charge is 2.12. The van der Waals surface area contributed by atoms with Crippen LogP contribution in [0.3, 0.4) is 0 Å². The summed E-state index contributed by atoms with van der Waals surface area (Å²) in [4.78, 5) is 4.68. The van der Waals surface area contributed by atoms with Crippen LogP contribution >= 0.6 is 0 Å². The molecule has 104 valence electrons. The maximum absolute atomic E-state index is 5.67. The van der Waals surface area contributed by atoms with Crippen LogP contribution in [-0.2, 0) is 4.74 Å². The van der Waals surface area contributed by atoms with Crippen molar-refractivity contribution in [3.05, 3.63) is 0 Å². The van der Waals surface area contributed by atoms with Gasteiger partial charge in [-0.05, 0) is 40.8 Å². The molecule has 0 spiro atoms. The van der Waals surface area contributed by atoms with Gasteiger partial charge in [-0.3, -0.25) is 0 Å². The first-order chi connectivity index (χ1) is 7.86. The minimum atomic E-state index is 0.599. The van der Waals surface area contributed by atoms with Gasteiger partial charge in [0.2, 0.25) is 0 Å². The smallest absolute Gasteiger partial charge is 0.0594 e. The summed E-state index contributed by atoms with van der Waals surface area (Å²) in [7, 11) is 4.31. The summed E-state index contributed by atoms with van der Waals surface area (Å²) in [6.07, 6.45) is 0. The SMILES string of the molecule is CC(C)C(C)N(C)CCOCCN(C)C(C)C. The van der Waals surface area contributed by atoms with Gasteiger partial charge in [-0.1, -0.05) is 13.8 Å². The molecule has 0 amide bonds. The van der Waals surface area contributed by atoms with Crippen LogP contribution in [0.2, 0.25) is 0 Å². The molecule has 0 aromatic heterocycles. The number of hydrogen-bond donors (Lipinski definition) is 0. The molecule has 0 aromatic carbocycles. The summed E-state index contributed by atoms with van der Waals surface area (Å²) in [5, 5.41) is 0. The summed E-state index contributed by atoms with van der Waals surface area (Å²) < 4.78 is 5.67. The first-order valence-corrected chi connectivity index (χ1v) is 6.84. The fourth-order valence-corrected chi connectivity index (χ4v) is 1.49. The second kappa shape index (κ2) is 8.90. The zero-order valence-corrected chi connectivity index (χ0v) is 12.9. The third-order valence-electron chi connectivity index (χ3n) is 3.72. The first-order valence-electron chi connectivity index (χ1n) is 6.84. The molecule has 3 heteroatoms. The first kappa shape index (κ1) is 16.9. The van der Waals surface area contributed by atoms with Crippen molar-refractivity contribution in [2.45, 2.75) is 46.7 Å². The van der Waals surface area contributed by atoms with E-state index in [1.807, 2.05) is 0 Å². The zero-order chi connectivity index (χ0) is 13.4. The molecule has 0 heterocycles. The molecule has 0 fully saturated rings. The molecule has 3 nitrogen and oxygen atoms in total. The number of nitrogens with zero attached hydrogens (tertiary/aromatic N) is 2. The summed E-state index contributed by atoms with van der Waals surface area (Å²) >= 11 is 0. The van der Waals surface area contributed by atoms with E-state index in [0.29, 0.717) is 18.0 Å². The van der Waals surface area contributed by atoms with Crippen molar-refractivity contribution < 1.29 is 4.74 Å².